The summed E-state index contributed by atoms with van der Waals surface area (Å²) in [6.45, 7) is 6.45. The van der Waals surface area contributed by atoms with Gasteiger partial charge in [0, 0.05) is 19.5 Å². The van der Waals surface area contributed by atoms with Gasteiger partial charge in [0.2, 0.25) is 5.91 Å². The lowest BCUT2D eigenvalue weighted by atomic mass is 10.0. The van der Waals surface area contributed by atoms with Crippen LogP contribution >= 0.6 is 0 Å². The molecule has 0 aliphatic carbocycles. The van der Waals surface area contributed by atoms with E-state index in [0.29, 0.717) is 5.75 Å². The molecule has 0 aromatic heterocycles. The average Bonchev–Trinajstić information content (AvgIpc) is 2.88. The largest absolute Gasteiger partial charge is 0.497 e. The van der Waals surface area contributed by atoms with Gasteiger partial charge in [-0.1, -0.05) is 42.5 Å². The maximum Gasteiger partial charge on any atom is 0.410 e. The van der Waals surface area contributed by atoms with Gasteiger partial charge in [-0.15, -0.1) is 0 Å². The van der Waals surface area contributed by atoms with E-state index in [0.717, 1.165) is 11.1 Å². The summed E-state index contributed by atoms with van der Waals surface area (Å²) in [6, 6.07) is 14.0. The molecule has 0 aliphatic heterocycles. The molecule has 0 aliphatic rings. The molecule has 0 saturated heterocycles. The number of rotatable bonds is 11. The number of hydrogen-bond acceptors (Lipinski definition) is 7. The number of amides is 3. The van der Waals surface area contributed by atoms with E-state index >= 15 is 0 Å². The van der Waals surface area contributed by atoms with E-state index in [-0.39, 0.29) is 13.0 Å². The van der Waals surface area contributed by atoms with E-state index < -0.39 is 48.4 Å². The molecule has 2 aromatic carbocycles. The lowest BCUT2D eigenvalue weighted by Crippen LogP contribution is -2.57. The molecule has 0 fully saturated rings. The highest BCUT2D eigenvalue weighted by molar-refractivity contribution is 5.86. The van der Waals surface area contributed by atoms with Crippen molar-refractivity contribution in [3.63, 3.8) is 0 Å². The maximum absolute atomic E-state index is 13.4. The summed E-state index contributed by atoms with van der Waals surface area (Å²) in [4.78, 5) is 39.8. The first kappa shape index (κ1) is 30.4. The van der Waals surface area contributed by atoms with Crippen LogP contribution in [0.4, 0.5) is 9.59 Å². The summed E-state index contributed by atoms with van der Waals surface area (Å²) >= 11 is 0. The van der Waals surface area contributed by atoms with E-state index in [9.17, 15) is 19.5 Å². The van der Waals surface area contributed by atoms with Crippen molar-refractivity contribution in [1.82, 2.24) is 15.5 Å². The van der Waals surface area contributed by atoms with Crippen LogP contribution in [-0.2, 0) is 27.3 Å². The van der Waals surface area contributed by atoms with Gasteiger partial charge >= 0.3 is 12.2 Å². The Morgan fingerprint density at radius 2 is 1.61 bits per heavy atom. The van der Waals surface area contributed by atoms with Crippen molar-refractivity contribution in [2.45, 2.75) is 64.4 Å². The number of alkyl carbamates (subject to hydrolysis) is 1. The lowest BCUT2D eigenvalue weighted by molar-refractivity contribution is -0.126. The molecular weight excluding hydrogens is 490 g/mol. The molecule has 38 heavy (non-hydrogen) atoms. The first-order chi connectivity index (χ1) is 17.9. The summed E-state index contributed by atoms with van der Waals surface area (Å²) in [5.41, 5.74) is 0.896. The van der Waals surface area contributed by atoms with E-state index in [1.165, 1.54) is 11.9 Å². The molecular formula is C28H39N3O7. The summed E-state index contributed by atoms with van der Waals surface area (Å²) in [6.07, 6.45) is -1.18. The number of aliphatic hydroxyl groups is 1. The van der Waals surface area contributed by atoms with Crippen molar-refractivity contribution in [1.29, 1.82) is 0 Å². The zero-order valence-corrected chi connectivity index (χ0v) is 22.9. The number of carbonyl (C=O) groups excluding carboxylic acids is 3. The molecule has 3 amide bonds. The minimum atomic E-state index is -0.935. The molecule has 0 spiro atoms. The monoisotopic (exact) mass is 529 g/mol. The van der Waals surface area contributed by atoms with Crippen LogP contribution in [0.3, 0.4) is 0 Å². The Kier molecular flexibility index (Phi) is 11.4. The van der Waals surface area contributed by atoms with Crippen LogP contribution in [0.2, 0.25) is 0 Å². The number of methoxy groups -OCH3 is 1. The van der Waals surface area contributed by atoms with Crippen LogP contribution in [-0.4, -0.2) is 72.6 Å². The molecule has 10 heteroatoms. The van der Waals surface area contributed by atoms with Crippen LogP contribution in [0.15, 0.2) is 54.6 Å². The summed E-state index contributed by atoms with van der Waals surface area (Å²) in [7, 11) is 3.06. The van der Waals surface area contributed by atoms with E-state index in [1.54, 1.807) is 46.9 Å². The summed E-state index contributed by atoms with van der Waals surface area (Å²) in [5.74, 6) is 0.190. The molecule has 0 heterocycles. The smallest absolute Gasteiger partial charge is 0.410 e. The third-order valence-corrected chi connectivity index (χ3v) is 5.72. The minimum Gasteiger partial charge on any atom is -0.497 e. The predicted molar refractivity (Wildman–Crippen MR) is 143 cm³/mol. The fourth-order valence-corrected chi connectivity index (χ4v) is 3.55. The topological polar surface area (TPSA) is 126 Å². The number of ether oxygens (including phenoxy) is 3. The number of nitrogens with one attached hydrogen (secondary N) is 2. The van der Waals surface area contributed by atoms with Crippen molar-refractivity contribution in [2.24, 2.45) is 0 Å². The highest BCUT2D eigenvalue weighted by Crippen LogP contribution is 2.16. The first-order valence-corrected chi connectivity index (χ1v) is 12.4. The van der Waals surface area contributed by atoms with Crippen molar-refractivity contribution in [2.75, 3.05) is 20.8 Å². The number of aliphatic hydroxyl groups excluding tert-OH is 1. The summed E-state index contributed by atoms with van der Waals surface area (Å²) < 4.78 is 15.9. The molecule has 0 saturated carbocycles. The minimum absolute atomic E-state index is 0.0592. The Morgan fingerprint density at radius 3 is 2.16 bits per heavy atom. The lowest BCUT2D eigenvalue weighted by Gasteiger charge is -2.31. The SMILES string of the molecule is COc1ccc(C[C@@H](C(=O)NC(C)C(CO)NC(=O)OC(C)(C)C)N(C)C(=O)OCc2ccccc2)cc1. The molecule has 3 atom stereocenters. The van der Waals surface area contributed by atoms with E-state index in [2.05, 4.69) is 10.6 Å². The number of carbonyl (C=O) groups is 3. The standard InChI is InChI=1S/C28H39N3O7/c1-19(23(17-32)30-26(34)38-28(2,3)4)29-25(33)24(16-20-12-14-22(36-6)15-13-20)31(5)27(35)37-18-21-10-8-7-9-11-21/h7-15,19,23-24,32H,16-18H2,1-6H3,(H,29,33)(H,30,34)/t19?,23?,24-/m0/s1. The van der Waals surface area contributed by atoms with Gasteiger partial charge in [-0.3, -0.25) is 9.69 Å². The van der Waals surface area contributed by atoms with Gasteiger partial charge in [-0.05, 0) is 51.0 Å². The zero-order valence-electron chi connectivity index (χ0n) is 22.9. The molecule has 2 aromatic rings. The molecule has 208 valence electrons. The predicted octanol–water partition coefficient (Wildman–Crippen LogP) is 3.27. The number of likely N-dealkylation sites (N-methyl/N-ethyl adjacent to an activating group) is 1. The number of nitrogens with zero attached hydrogens (tertiary/aromatic N) is 1. The third-order valence-electron chi connectivity index (χ3n) is 5.72. The fraction of sp³-hybridized carbons (Fsp3) is 0.464. The maximum atomic E-state index is 13.4. The van der Waals surface area contributed by atoms with Crippen molar-refractivity contribution in [3.8, 4) is 5.75 Å². The second-order valence-electron chi connectivity index (χ2n) is 9.95. The Hall–Kier alpha value is -3.79. The highest BCUT2D eigenvalue weighted by atomic mass is 16.6. The first-order valence-electron chi connectivity index (χ1n) is 12.4. The highest BCUT2D eigenvalue weighted by Gasteiger charge is 2.31. The molecule has 2 rings (SSSR count). The van der Waals surface area contributed by atoms with Crippen molar-refractivity contribution < 1.29 is 33.7 Å². The van der Waals surface area contributed by atoms with Crippen LogP contribution < -0.4 is 15.4 Å². The van der Waals surface area contributed by atoms with Gasteiger partial charge in [0.05, 0.1) is 19.8 Å². The second kappa shape index (κ2) is 14.2. The summed E-state index contributed by atoms with van der Waals surface area (Å²) in [5, 5.41) is 15.2. The third kappa shape index (κ3) is 9.93. The van der Waals surface area contributed by atoms with Gasteiger partial charge in [-0.25, -0.2) is 9.59 Å². The average molecular weight is 530 g/mol. The quantitative estimate of drug-likeness (QED) is 0.408. The van der Waals surface area contributed by atoms with Crippen LogP contribution in [0.25, 0.3) is 0 Å². The Morgan fingerprint density at radius 1 is 0.974 bits per heavy atom. The van der Waals surface area contributed by atoms with E-state index in [4.69, 9.17) is 14.2 Å². The molecule has 0 bridgehead atoms. The van der Waals surface area contributed by atoms with Crippen LogP contribution in [0, 0.1) is 0 Å². The normalized spacial score (nSPS) is 13.4. The van der Waals surface area contributed by atoms with Gasteiger partial charge in [0.15, 0.2) is 0 Å². The fourth-order valence-electron chi connectivity index (χ4n) is 3.55. The van der Waals surface area contributed by atoms with E-state index in [1.807, 2.05) is 42.5 Å². The van der Waals surface area contributed by atoms with Gasteiger partial charge in [0.1, 0.15) is 24.0 Å². The van der Waals surface area contributed by atoms with Gasteiger partial charge in [-0.2, -0.15) is 0 Å². The molecule has 2 unspecified atom stereocenters. The molecule has 0 radical (unpaired) electrons. The Bertz CT molecular complexity index is 1040. The Balaban J connectivity index is 2.15. The zero-order chi connectivity index (χ0) is 28.3. The Labute approximate surface area is 224 Å². The van der Waals surface area contributed by atoms with Crippen LogP contribution in [0.1, 0.15) is 38.8 Å². The number of benzene rings is 2. The second-order valence-corrected chi connectivity index (χ2v) is 9.95. The van der Waals surface area contributed by atoms with Crippen LogP contribution in [0.5, 0.6) is 5.75 Å². The molecule has 3 N–H and O–H groups in total. The van der Waals surface area contributed by atoms with Gasteiger partial charge < -0.3 is 30.0 Å². The number of hydrogen-bond donors (Lipinski definition) is 3. The molecule has 10 nitrogen and oxygen atoms in total. The van der Waals surface area contributed by atoms with Gasteiger partial charge in [0.25, 0.3) is 0 Å². The van der Waals surface area contributed by atoms with Crippen molar-refractivity contribution >= 4 is 18.1 Å². The van der Waals surface area contributed by atoms with Crippen molar-refractivity contribution in [3.05, 3.63) is 65.7 Å².